The molecule has 7 nitrogen and oxygen atoms in total. The van der Waals surface area contributed by atoms with Crippen LogP contribution in [0.5, 0.6) is 0 Å². The molecule has 0 fully saturated rings. The molecule has 0 saturated carbocycles. The van der Waals surface area contributed by atoms with Crippen LogP contribution in [0.3, 0.4) is 0 Å². The van der Waals surface area contributed by atoms with Crippen molar-refractivity contribution in [1.82, 2.24) is 20.5 Å². The Hall–Kier alpha value is -3.93. The predicted molar refractivity (Wildman–Crippen MR) is 135 cm³/mol. The number of halogens is 4. The van der Waals surface area contributed by atoms with Crippen LogP contribution in [0, 0.1) is 5.82 Å². The molecule has 0 saturated heterocycles. The first-order valence-corrected chi connectivity index (χ1v) is 11.2. The zero-order chi connectivity index (χ0) is 27.0. The summed E-state index contributed by atoms with van der Waals surface area (Å²) in [4.78, 5) is 15.4. The van der Waals surface area contributed by atoms with E-state index in [1.165, 1.54) is 18.2 Å². The van der Waals surface area contributed by atoms with E-state index in [0.29, 0.717) is 24.5 Å². The number of nitrogens with zero attached hydrogens (tertiary/aromatic N) is 4. The number of rotatable bonds is 6. The van der Waals surface area contributed by atoms with Crippen molar-refractivity contribution in [2.24, 2.45) is 11.7 Å². The van der Waals surface area contributed by atoms with E-state index in [9.17, 15) is 17.6 Å². The monoisotopic (exact) mass is 513 g/mol. The molecule has 0 radical (unpaired) electrons. The molecule has 3 aromatic carbocycles. The standard InChI is InChI=1S/C26H22F4N4.H5N3/c1-34(2)22-12-8-18(9-13-22)15-24-31-23(14-17-6-10-21(27)11-7-17)32-25(33-24)19-4-3-5-20(16-19)26(28,29)30;1-3-2/h3-13,16H,14-15H2,1-2H3;3H,1-2H2. The average Bonchev–Trinajstić information content (AvgIpc) is 2.86. The van der Waals surface area contributed by atoms with Crippen LogP contribution < -0.4 is 22.1 Å². The van der Waals surface area contributed by atoms with Crippen molar-refractivity contribution in [2.75, 3.05) is 19.0 Å². The van der Waals surface area contributed by atoms with Crippen molar-refractivity contribution >= 4 is 5.69 Å². The van der Waals surface area contributed by atoms with Gasteiger partial charge < -0.3 is 4.90 Å². The molecule has 0 aliphatic carbocycles. The van der Waals surface area contributed by atoms with Gasteiger partial charge in [-0.3, -0.25) is 11.7 Å². The minimum absolute atomic E-state index is 0.165. The summed E-state index contributed by atoms with van der Waals surface area (Å²) in [5.41, 5.74) is 4.01. The third-order valence-corrected chi connectivity index (χ3v) is 5.27. The Morgan fingerprint density at radius 2 is 1.30 bits per heavy atom. The van der Waals surface area contributed by atoms with Crippen molar-refractivity contribution < 1.29 is 17.6 Å². The van der Waals surface area contributed by atoms with E-state index in [1.54, 1.807) is 23.7 Å². The lowest BCUT2D eigenvalue weighted by Gasteiger charge is -2.13. The van der Waals surface area contributed by atoms with Crippen molar-refractivity contribution in [3.63, 3.8) is 0 Å². The molecular formula is C26H27F4N7. The maximum Gasteiger partial charge on any atom is 0.416 e. The van der Waals surface area contributed by atoms with Gasteiger partial charge in [-0.05, 0) is 47.5 Å². The van der Waals surface area contributed by atoms with E-state index in [2.05, 4.69) is 26.6 Å². The quantitative estimate of drug-likeness (QED) is 0.201. The van der Waals surface area contributed by atoms with E-state index in [4.69, 9.17) is 0 Å². The van der Waals surface area contributed by atoms with Gasteiger partial charge in [0.1, 0.15) is 17.5 Å². The molecule has 11 heteroatoms. The smallest absolute Gasteiger partial charge is 0.378 e. The van der Waals surface area contributed by atoms with E-state index in [-0.39, 0.29) is 17.2 Å². The molecule has 0 spiro atoms. The fourth-order valence-electron chi connectivity index (χ4n) is 3.47. The zero-order valence-electron chi connectivity index (χ0n) is 20.3. The van der Waals surface area contributed by atoms with E-state index >= 15 is 0 Å². The number of hydrogen-bond acceptors (Lipinski definition) is 7. The van der Waals surface area contributed by atoms with Crippen LogP contribution in [0.2, 0.25) is 0 Å². The predicted octanol–water partition coefficient (Wildman–Crippen LogP) is 4.27. The van der Waals surface area contributed by atoms with Crippen molar-refractivity contribution in [3.8, 4) is 11.4 Å². The van der Waals surface area contributed by atoms with Crippen molar-refractivity contribution in [1.29, 1.82) is 0 Å². The van der Waals surface area contributed by atoms with Crippen LogP contribution in [0.4, 0.5) is 23.2 Å². The summed E-state index contributed by atoms with van der Waals surface area (Å²) in [5, 5.41) is 0. The number of anilines is 1. The van der Waals surface area contributed by atoms with Gasteiger partial charge in [-0.2, -0.15) is 18.7 Å². The summed E-state index contributed by atoms with van der Waals surface area (Å²) in [5.74, 6) is 9.40. The fourth-order valence-corrected chi connectivity index (χ4v) is 3.47. The Morgan fingerprint density at radius 1 is 0.784 bits per heavy atom. The van der Waals surface area contributed by atoms with Crippen LogP contribution in [0.25, 0.3) is 11.4 Å². The molecule has 4 rings (SSSR count). The van der Waals surface area contributed by atoms with Crippen molar-refractivity contribution in [3.05, 3.63) is 107 Å². The number of hydrogen-bond donors (Lipinski definition) is 3. The first-order valence-electron chi connectivity index (χ1n) is 11.2. The molecule has 0 unspecified atom stereocenters. The largest absolute Gasteiger partial charge is 0.416 e. The Kier molecular flexibility index (Phi) is 9.23. The lowest BCUT2D eigenvalue weighted by atomic mass is 10.1. The maximum atomic E-state index is 13.3. The number of alkyl halides is 3. The lowest BCUT2D eigenvalue weighted by molar-refractivity contribution is -0.137. The summed E-state index contributed by atoms with van der Waals surface area (Å²) in [6, 6.07) is 18.7. The Morgan fingerprint density at radius 3 is 1.78 bits per heavy atom. The van der Waals surface area contributed by atoms with E-state index in [1.807, 2.05) is 43.3 Å². The highest BCUT2D eigenvalue weighted by atomic mass is 19.4. The van der Waals surface area contributed by atoms with Gasteiger partial charge in [-0.25, -0.2) is 19.3 Å². The molecule has 5 N–H and O–H groups in total. The summed E-state index contributed by atoms with van der Waals surface area (Å²) in [7, 11) is 3.90. The third-order valence-electron chi connectivity index (χ3n) is 5.27. The first-order chi connectivity index (χ1) is 17.6. The van der Waals surface area contributed by atoms with Gasteiger partial charge in [-0.1, -0.05) is 36.4 Å². The van der Waals surface area contributed by atoms with Crippen LogP contribution in [0.15, 0.2) is 72.8 Å². The molecular weight excluding hydrogens is 486 g/mol. The molecule has 0 bridgehead atoms. The van der Waals surface area contributed by atoms with Crippen LogP contribution >= 0.6 is 0 Å². The van der Waals surface area contributed by atoms with E-state index < -0.39 is 11.7 Å². The molecule has 0 aliphatic heterocycles. The Labute approximate surface area is 212 Å². The third kappa shape index (κ3) is 8.04. The summed E-state index contributed by atoms with van der Waals surface area (Å²) < 4.78 is 53.0. The van der Waals surface area contributed by atoms with Crippen LogP contribution in [0.1, 0.15) is 28.3 Å². The molecule has 37 heavy (non-hydrogen) atoms. The van der Waals surface area contributed by atoms with Gasteiger partial charge in [0, 0.05) is 38.2 Å². The van der Waals surface area contributed by atoms with Crippen molar-refractivity contribution in [2.45, 2.75) is 19.0 Å². The van der Waals surface area contributed by atoms with E-state index in [0.717, 1.165) is 28.9 Å². The summed E-state index contributed by atoms with van der Waals surface area (Å²) >= 11 is 0. The van der Waals surface area contributed by atoms with Crippen LogP contribution in [-0.2, 0) is 19.0 Å². The highest BCUT2D eigenvalue weighted by Gasteiger charge is 2.30. The van der Waals surface area contributed by atoms with Gasteiger partial charge in [0.15, 0.2) is 5.82 Å². The minimum atomic E-state index is -4.48. The average molecular weight is 514 g/mol. The highest BCUT2D eigenvalue weighted by molar-refractivity contribution is 5.56. The SMILES string of the molecule is CN(C)c1ccc(Cc2nc(Cc3ccc(F)cc3)nc(-c3cccc(C(F)(F)F)c3)n2)cc1.NNN. The number of benzene rings is 3. The van der Waals surface area contributed by atoms with Gasteiger partial charge in [0.25, 0.3) is 0 Å². The summed E-state index contributed by atoms with van der Waals surface area (Å²) in [6.45, 7) is 0. The number of nitrogens with one attached hydrogen (secondary N) is 1. The molecule has 0 aliphatic rings. The van der Waals surface area contributed by atoms with Gasteiger partial charge >= 0.3 is 6.18 Å². The molecule has 0 atom stereocenters. The normalized spacial score (nSPS) is 11.0. The zero-order valence-corrected chi connectivity index (χ0v) is 20.3. The van der Waals surface area contributed by atoms with Gasteiger partial charge in [0.2, 0.25) is 0 Å². The minimum Gasteiger partial charge on any atom is -0.378 e. The molecule has 194 valence electrons. The fraction of sp³-hybridized carbons (Fsp3) is 0.192. The maximum absolute atomic E-state index is 13.3. The van der Waals surface area contributed by atoms with Gasteiger partial charge in [0.05, 0.1) is 5.56 Å². The lowest BCUT2D eigenvalue weighted by Crippen LogP contribution is -2.29. The topological polar surface area (TPSA) is 106 Å². The van der Waals surface area contributed by atoms with Crippen LogP contribution in [-0.4, -0.2) is 29.0 Å². The first kappa shape index (κ1) is 27.7. The molecule has 4 aromatic rings. The van der Waals surface area contributed by atoms with Gasteiger partial charge in [-0.15, -0.1) is 0 Å². The number of aromatic nitrogens is 3. The summed E-state index contributed by atoms with van der Waals surface area (Å²) in [6.07, 6.45) is -3.79. The Bertz CT molecular complexity index is 1290. The number of hydrazine groups is 2. The molecule has 0 amide bonds. The highest BCUT2D eigenvalue weighted by Crippen LogP contribution is 2.31. The molecule has 1 aromatic heterocycles. The second kappa shape index (κ2) is 12.3. The molecule has 1 heterocycles. The second-order valence-corrected chi connectivity index (χ2v) is 8.28. The number of nitrogens with two attached hydrogens (primary N) is 2. The second-order valence-electron chi connectivity index (χ2n) is 8.28. The Balaban J connectivity index is 0.00000121.